The molecule has 3 aromatic rings. The number of carbonyl (C=O) groups is 2. The highest BCUT2D eigenvalue weighted by Gasteiger charge is 2.32. The Balaban J connectivity index is 1.53. The number of ketones is 1. The van der Waals surface area contributed by atoms with Crippen LogP contribution in [0.4, 0.5) is 5.13 Å². The fraction of sp³-hybridized carbons (Fsp3) is 0.320. The van der Waals surface area contributed by atoms with Crippen LogP contribution in [0.1, 0.15) is 59.6 Å². The molecule has 9 heteroatoms. The normalized spacial score (nSPS) is 16.8. The summed E-state index contributed by atoms with van der Waals surface area (Å²) in [4.78, 5) is 30.0. The zero-order chi connectivity index (χ0) is 24.3. The van der Waals surface area contributed by atoms with Gasteiger partial charge in [-0.3, -0.25) is 14.9 Å². The SMILES string of the molecule is CCC1CCCCN1S(=O)(=O)c1ccc(C(=O)Nc2nc(-c3ccccc3)c(C(C)=O)s2)cc1. The maximum Gasteiger partial charge on any atom is 0.257 e. The smallest absolute Gasteiger partial charge is 0.257 e. The molecule has 0 spiro atoms. The van der Waals surface area contributed by atoms with Crippen molar-refractivity contribution in [3.63, 3.8) is 0 Å². The van der Waals surface area contributed by atoms with Gasteiger partial charge in [-0.05, 0) is 43.5 Å². The Morgan fingerprint density at radius 1 is 1.09 bits per heavy atom. The Bertz CT molecular complexity index is 1290. The van der Waals surface area contributed by atoms with Crippen LogP contribution in [0.5, 0.6) is 0 Å². The van der Waals surface area contributed by atoms with E-state index in [-0.39, 0.29) is 16.7 Å². The summed E-state index contributed by atoms with van der Waals surface area (Å²) < 4.78 is 27.9. The highest BCUT2D eigenvalue weighted by atomic mass is 32.2. The van der Waals surface area contributed by atoms with Crippen LogP contribution in [-0.4, -0.2) is 42.0 Å². The van der Waals surface area contributed by atoms with E-state index in [1.165, 1.54) is 31.2 Å². The third kappa shape index (κ3) is 4.96. The van der Waals surface area contributed by atoms with Gasteiger partial charge in [0.1, 0.15) is 0 Å². The van der Waals surface area contributed by atoms with Crippen LogP contribution in [-0.2, 0) is 10.0 Å². The molecule has 0 aliphatic carbocycles. The van der Waals surface area contributed by atoms with Gasteiger partial charge in [0.25, 0.3) is 5.91 Å². The Kier molecular flexibility index (Phi) is 7.25. The Hall–Kier alpha value is -2.88. The summed E-state index contributed by atoms with van der Waals surface area (Å²) in [5, 5.41) is 3.05. The van der Waals surface area contributed by atoms with Crippen molar-refractivity contribution in [2.45, 2.75) is 50.5 Å². The number of benzene rings is 2. The molecular weight excluding hydrogens is 470 g/mol. The molecule has 1 atom stereocenters. The molecule has 0 bridgehead atoms. The molecule has 0 saturated carbocycles. The van der Waals surface area contributed by atoms with Crippen LogP contribution < -0.4 is 5.32 Å². The third-order valence-electron chi connectivity index (χ3n) is 5.98. The first-order chi connectivity index (χ1) is 16.3. The standard InChI is InChI=1S/C25H27N3O4S2/c1-3-20-11-7-8-16-28(20)34(31,32)21-14-12-19(13-15-21)24(30)27-25-26-22(23(33-25)17(2)29)18-9-5-4-6-10-18/h4-6,9-10,12-15,20H,3,7-8,11,16H2,1-2H3,(H,26,27,30). The number of hydrogen-bond donors (Lipinski definition) is 1. The van der Waals surface area contributed by atoms with Gasteiger partial charge < -0.3 is 0 Å². The molecule has 1 amide bonds. The van der Waals surface area contributed by atoms with Crippen molar-refractivity contribution in [1.29, 1.82) is 0 Å². The molecule has 1 aliphatic rings. The highest BCUT2D eigenvalue weighted by Crippen LogP contribution is 2.32. The number of nitrogens with zero attached hydrogens (tertiary/aromatic N) is 2. The number of carbonyl (C=O) groups excluding carboxylic acids is 2. The van der Waals surface area contributed by atoms with Crippen LogP contribution in [0.2, 0.25) is 0 Å². The van der Waals surface area contributed by atoms with Gasteiger partial charge in [0.15, 0.2) is 10.9 Å². The van der Waals surface area contributed by atoms with Crippen molar-refractivity contribution < 1.29 is 18.0 Å². The second-order valence-electron chi connectivity index (χ2n) is 8.27. The van der Waals surface area contributed by atoms with Crippen LogP contribution in [0.25, 0.3) is 11.3 Å². The molecule has 2 heterocycles. The molecule has 4 rings (SSSR count). The summed E-state index contributed by atoms with van der Waals surface area (Å²) in [6, 6.07) is 15.3. The van der Waals surface area contributed by atoms with Crippen LogP contribution in [0.15, 0.2) is 59.5 Å². The summed E-state index contributed by atoms with van der Waals surface area (Å²) in [5.74, 6) is -0.550. The molecule has 1 unspecified atom stereocenters. The lowest BCUT2D eigenvalue weighted by Gasteiger charge is -2.34. The molecule has 178 valence electrons. The molecule has 1 aliphatic heterocycles. The van der Waals surface area contributed by atoms with E-state index >= 15 is 0 Å². The number of aromatic nitrogens is 1. The van der Waals surface area contributed by atoms with E-state index in [2.05, 4.69) is 10.3 Å². The number of rotatable bonds is 7. The predicted molar refractivity (Wildman–Crippen MR) is 134 cm³/mol. The number of nitrogens with one attached hydrogen (secondary N) is 1. The van der Waals surface area contributed by atoms with Gasteiger partial charge in [-0.1, -0.05) is 55.0 Å². The zero-order valence-corrected chi connectivity index (χ0v) is 20.8. The zero-order valence-electron chi connectivity index (χ0n) is 19.2. The fourth-order valence-corrected chi connectivity index (χ4v) is 6.83. The molecule has 34 heavy (non-hydrogen) atoms. The average Bonchev–Trinajstić information content (AvgIpc) is 3.28. The lowest BCUT2D eigenvalue weighted by molar-refractivity contribution is 0.101. The molecule has 7 nitrogen and oxygen atoms in total. The second-order valence-corrected chi connectivity index (χ2v) is 11.2. The largest absolute Gasteiger partial charge is 0.298 e. The number of Topliss-reactive ketones (excluding diaryl/α,β-unsaturated/α-hetero) is 1. The minimum Gasteiger partial charge on any atom is -0.298 e. The first-order valence-corrected chi connectivity index (χ1v) is 13.6. The van der Waals surface area contributed by atoms with Gasteiger partial charge in [0, 0.05) is 30.6 Å². The van der Waals surface area contributed by atoms with Gasteiger partial charge in [-0.2, -0.15) is 4.31 Å². The first-order valence-electron chi connectivity index (χ1n) is 11.3. The molecular formula is C25H27N3O4S2. The number of hydrogen-bond acceptors (Lipinski definition) is 6. The van der Waals surface area contributed by atoms with Crippen molar-refractivity contribution in [3.05, 3.63) is 65.0 Å². The van der Waals surface area contributed by atoms with Crippen LogP contribution >= 0.6 is 11.3 Å². The van der Waals surface area contributed by atoms with E-state index in [0.717, 1.165) is 42.6 Å². The topological polar surface area (TPSA) is 96.4 Å². The maximum absolute atomic E-state index is 13.2. The molecule has 1 fully saturated rings. The maximum atomic E-state index is 13.2. The fourth-order valence-electron chi connectivity index (χ4n) is 4.19. The molecule has 1 N–H and O–H groups in total. The first kappa shape index (κ1) is 24.3. The molecule has 1 saturated heterocycles. The van der Waals surface area contributed by atoms with Gasteiger partial charge >= 0.3 is 0 Å². The molecule has 0 radical (unpaired) electrons. The van der Waals surface area contributed by atoms with Gasteiger partial charge in [-0.15, -0.1) is 0 Å². The van der Waals surface area contributed by atoms with Crippen LogP contribution in [0.3, 0.4) is 0 Å². The van der Waals surface area contributed by atoms with E-state index in [1.54, 1.807) is 4.31 Å². The number of thiazole rings is 1. The Morgan fingerprint density at radius 3 is 2.44 bits per heavy atom. The molecule has 1 aromatic heterocycles. The quantitative estimate of drug-likeness (QED) is 0.452. The van der Waals surface area contributed by atoms with Crippen molar-refractivity contribution in [3.8, 4) is 11.3 Å². The van der Waals surface area contributed by atoms with E-state index in [4.69, 9.17) is 0 Å². The lowest BCUT2D eigenvalue weighted by Crippen LogP contribution is -2.43. The van der Waals surface area contributed by atoms with E-state index in [1.807, 2.05) is 37.3 Å². The summed E-state index contributed by atoms with van der Waals surface area (Å²) >= 11 is 1.12. The summed E-state index contributed by atoms with van der Waals surface area (Å²) in [5.41, 5.74) is 1.63. The number of sulfonamides is 1. The number of piperidine rings is 1. The van der Waals surface area contributed by atoms with E-state index in [9.17, 15) is 18.0 Å². The van der Waals surface area contributed by atoms with E-state index < -0.39 is 15.9 Å². The van der Waals surface area contributed by atoms with Gasteiger partial charge in [0.05, 0.1) is 15.5 Å². The van der Waals surface area contributed by atoms with E-state index in [0.29, 0.717) is 27.8 Å². The summed E-state index contributed by atoms with van der Waals surface area (Å²) in [7, 11) is -3.61. The van der Waals surface area contributed by atoms with Gasteiger partial charge in [-0.25, -0.2) is 13.4 Å². The predicted octanol–water partition coefficient (Wildman–Crippen LogP) is 5.22. The number of anilines is 1. The van der Waals surface area contributed by atoms with Crippen molar-refractivity contribution in [2.75, 3.05) is 11.9 Å². The summed E-state index contributed by atoms with van der Waals surface area (Å²) in [6.45, 7) is 4.00. The number of amides is 1. The van der Waals surface area contributed by atoms with Crippen molar-refractivity contribution in [2.24, 2.45) is 0 Å². The minimum absolute atomic E-state index is 0.0147. The van der Waals surface area contributed by atoms with Crippen molar-refractivity contribution >= 4 is 38.2 Å². The average molecular weight is 498 g/mol. The monoisotopic (exact) mass is 497 g/mol. The van der Waals surface area contributed by atoms with Crippen molar-refractivity contribution in [1.82, 2.24) is 9.29 Å². The highest BCUT2D eigenvalue weighted by molar-refractivity contribution is 7.89. The Labute approximate surface area is 203 Å². The molecule has 2 aromatic carbocycles. The Morgan fingerprint density at radius 2 is 1.79 bits per heavy atom. The van der Waals surface area contributed by atoms with Gasteiger partial charge in [0.2, 0.25) is 10.0 Å². The van der Waals surface area contributed by atoms with Crippen LogP contribution in [0, 0.1) is 0 Å². The minimum atomic E-state index is -3.61. The second kappa shape index (κ2) is 10.2. The lowest BCUT2D eigenvalue weighted by atomic mass is 10.0. The summed E-state index contributed by atoms with van der Waals surface area (Å²) in [6.07, 6.45) is 3.55. The third-order valence-corrected chi connectivity index (χ3v) is 9.02.